The third-order valence-electron chi connectivity index (χ3n) is 5.72. The Morgan fingerprint density at radius 1 is 1.21 bits per heavy atom. The van der Waals surface area contributed by atoms with E-state index in [0.717, 1.165) is 28.7 Å². The zero-order chi connectivity index (χ0) is 19.7. The zero-order valence-corrected chi connectivity index (χ0v) is 17.2. The van der Waals surface area contributed by atoms with E-state index >= 15 is 0 Å². The van der Waals surface area contributed by atoms with E-state index < -0.39 is 0 Å². The number of rotatable bonds is 4. The van der Waals surface area contributed by atoms with E-state index in [9.17, 15) is 0 Å². The average Bonchev–Trinajstić information content (AvgIpc) is 3.11. The van der Waals surface area contributed by atoms with Crippen LogP contribution in [0.25, 0.3) is 21.6 Å². The zero-order valence-electron chi connectivity index (χ0n) is 16.4. The van der Waals surface area contributed by atoms with Gasteiger partial charge in [0.1, 0.15) is 10.6 Å². The van der Waals surface area contributed by atoms with E-state index in [1.807, 2.05) is 12.1 Å². The number of thiophene rings is 1. The van der Waals surface area contributed by atoms with Crippen molar-refractivity contribution in [2.75, 3.05) is 12.3 Å². The molecular weight excluding hydrogens is 366 g/mol. The summed E-state index contributed by atoms with van der Waals surface area (Å²) in [5, 5.41) is 10.1. The molecule has 1 aromatic carbocycles. The molecule has 6 heteroatoms. The van der Waals surface area contributed by atoms with Gasteiger partial charge in [0.2, 0.25) is 0 Å². The van der Waals surface area contributed by atoms with Gasteiger partial charge in [-0.05, 0) is 51.3 Å². The third kappa shape index (κ3) is 3.73. The first-order valence-corrected chi connectivity index (χ1v) is 10.7. The molecule has 28 heavy (non-hydrogen) atoms. The van der Waals surface area contributed by atoms with Gasteiger partial charge in [-0.15, -0.1) is 11.3 Å². The summed E-state index contributed by atoms with van der Waals surface area (Å²) in [5.41, 5.74) is 7.65. The molecular formula is C22H25N5S. The summed E-state index contributed by atoms with van der Waals surface area (Å²) in [6, 6.07) is 12.9. The van der Waals surface area contributed by atoms with Gasteiger partial charge in [0.25, 0.3) is 0 Å². The molecule has 5 nitrogen and oxygen atoms in total. The molecule has 1 aliphatic rings. The Kier molecular flexibility index (Phi) is 5.29. The van der Waals surface area contributed by atoms with Crippen LogP contribution in [0.4, 0.5) is 5.82 Å². The van der Waals surface area contributed by atoms with Crippen LogP contribution in [-0.4, -0.2) is 33.5 Å². The fourth-order valence-corrected chi connectivity index (χ4v) is 5.15. The summed E-state index contributed by atoms with van der Waals surface area (Å²) in [5.74, 6) is 1.08. The van der Waals surface area contributed by atoms with Crippen LogP contribution in [0.1, 0.15) is 43.6 Å². The van der Waals surface area contributed by atoms with Gasteiger partial charge < -0.3 is 5.73 Å². The van der Waals surface area contributed by atoms with Crippen LogP contribution >= 0.6 is 11.3 Å². The Labute approximate surface area is 169 Å². The Hall–Kier alpha value is -2.49. The first-order chi connectivity index (χ1) is 13.5. The molecule has 3 aromatic rings. The van der Waals surface area contributed by atoms with E-state index in [4.69, 9.17) is 16.0 Å². The highest BCUT2D eigenvalue weighted by Gasteiger charge is 2.24. The van der Waals surface area contributed by atoms with Crippen molar-refractivity contribution >= 4 is 27.4 Å². The molecule has 0 spiro atoms. The molecule has 2 N–H and O–H groups in total. The van der Waals surface area contributed by atoms with Crippen LogP contribution in [0.15, 0.2) is 30.3 Å². The minimum absolute atomic E-state index is 0.504. The fourth-order valence-electron chi connectivity index (χ4n) is 4.13. The smallest absolute Gasteiger partial charge is 0.163 e. The summed E-state index contributed by atoms with van der Waals surface area (Å²) in [7, 11) is 0. The maximum absolute atomic E-state index is 9.12. The normalized spacial score (nSPS) is 20.3. The summed E-state index contributed by atoms with van der Waals surface area (Å²) >= 11 is 1.70. The van der Waals surface area contributed by atoms with E-state index in [1.54, 1.807) is 23.5 Å². The van der Waals surface area contributed by atoms with Gasteiger partial charge in [0.15, 0.2) is 5.82 Å². The Morgan fingerprint density at radius 3 is 2.75 bits per heavy atom. The fraction of sp³-hybridized carbons (Fsp3) is 0.409. The number of hydrogen-bond donors (Lipinski definition) is 1. The molecule has 144 valence electrons. The van der Waals surface area contributed by atoms with Crippen LogP contribution in [0, 0.1) is 11.3 Å². The molecule has 3 heterocycles. The summed E-state index contributed by atoms with van der Waals surface area (Å²) in [6.07, 6.45) is 4.93. The van der Waals surface area contributed by atoms with E-state index in [0.29, 0.717) is 29.3 Å². The standard InChI is InChI=1S/C22H25N5S/c1-14-5-3-6-15(2)27(14)10-9-18-12-19-20(24)25-21(26-22(19)28-18)17-8-4-7-16(11-17)13-23/h4,7-8,11-12,14-15H,3,5-6,9-10H2,1-2H3,(H2,24,25,26)/t14-,15+. The molecule has 4 rings (SSSR count). The number of nitrogens with zero attached hydrogens (tertiary/aromatic N) is 4. The second kappa shape index (κ2) is 7.86. The highest BCUT2D eigenvalue weighted by Crippen LogP contribution is 2.31. The van der Waals surface area contributed by atoms with Crippen molar-refractivity contribution in [2.24, 2.45) is 0 Å². The Bertz CT molecular complexity index is 1030. The average molecular weight is 392 g/mol. The topological polar surface area (TPSA) is 78.8 Å². The lowest BCUT2D eigenvalue weighted by Gasteiger charge is -2.38. The van der Waals surface area contributed by atoms with Gasteiger partial charge in [-0.2, -0.15) is 5.26 Å². The molecule has 1 fully saturated rings. The van der Waals surface area contributed by atoms with Gasteiger partial charge in [-0.3, -0.25) is 4.90 Å². The molecule has 1 saturated heterocycles. The number of nitrogen functional groups attached to an aromatic ring is 1. The highest BCUT2D eigenvalue weighted by atomic mass is 32.1. The number of benzene rings is 1. The quantitative estimate of drug-likeness (QED) is 0.702. The van der Waals surface area contributed by atoms with Gasteiger partial charge >= 0.3 is 0 Å². The van der Waals surface area contributed by atoms with Crippen molar-refractivity contribution in [1.82, 2.24) is 14.9 Å². The minimum atomic E-state index is 0.504. The SMILES string of the molecule is C[C@@H]1CCC[C@H](C)N1CCc1cc2c(N)nc(-c3cccc(C#N)c3)nc2s1. The lowest BCUT2D eigenvalue weighted by Crippen LogP contribution is -2.44. The Morgan fingerprint density at radius 2 is 2.00 bits per heavy atom. The molecule has 2 atom stereocenters. The van der Waals surface area contributed by atoms with Crippen molar-refractivity contribution in [2.45, 2.75) is 51.6 Å². The first kappa shape index (κ1) is 18.9. The Balaban J connectivity index is 1.59. The summed E-state index contributed by atoms with van der Waals surface area (Å²) < 4.78 is 0. The second-order valence-electron chi connectivity index (χ2n) is 7.67. The number of aromatic nitrogens is 2. The number of piperidine rings is 1. The van der Waals surface area contributed by atoms with Gasteiger partial charge in [-0.25, -0.2) is 9.97 Å². The lowest BCUT2D eigenvalue weighted by molar-refractivity contribution is 0.105. The van der Waals surface area contributed by atoms with Crippen molar-refractivity contribution in [3.8, 4) is 17.5 Å². The van der Waals surface area contributed by atoms with E-state index in [-0.39, 0.29) is 0 Å². The first-order valence-electron chi connectivity index (χ1n) is 9.87. The number of anilines is 1. The summed E-state index contributed by atoms with van der Waals surface area (Å²) in [4.78, 5) is 14.1. The molecule has 0 saturated carbocycles. The largest absolute Gasteiger partial charge is 0.383 e. The van der Waals surface area contributed by atoms with Crippen LogP contribution in [-0.2, 0) is 6.42 Å². The molecule has 0 aliphatic carbocycles. The van der Waals surface area contributed by atoms with Gasteiger partial charge in [0, 0.05) is 29.1 Å². The van der Waals surface area contributed by atoms with Crippen molar-refractivity contribution in [3.63, 3.8) is 0 Å². The van der Waals surface area contributed by atoms with Crippen LogP contribution in [0.3, 0.4) is 0 Å². The second-order valence-corrected chi connectivity index (χ2v) is 8.79. The van der Waals surface area contributed by atoms with Crippen molar-refractivity contribution in [1.29, 1.82) is 5.26 Å². The maximum Gasteiger partial charge on any atom is 0.163 e. The van der Waals surface area contributed by atoms with Crippen LogP contribution < -0.4 is 5.73 Å². The third-order valence-corrected chi connectivity index (χ3v) is 6.80. The van der Waals surface area contributed by atoms with Crippen molar-refractivity contribution in [3.05, 3.63) is 40.8 Å². The number of nitriles is 1. The molecule has 0 unspecified atom stereocenters. The molecule has 0 radical (unpaired) electrons. The minimum Gasteiger partial charge on any atom is -0.383 e. The number of likely N-dealkylation sites (tertiary alicyclic amines) is 1. The summed E-state index contributed by atoms with van der Waals surface area (Å²) in [6.45, 7) is 5.75. The van der Waals surface area contributed by atoms with Crippen molar-refractivity contribution < 1.29 is 0 Å². The molecule has 2 aromatic heterocycles. The van der Waals surface area contributed by atoms with E-state index in [2.05, 4.69) is 35.9 Å². The van der Waals surface area contributed by atoms with Gasteiger partial charge in [0.05, 0.1) is 17.0 Å². The molecule has 1 aliphatic heterocycles. The van der Waals surface area contributed by atoms with Gasteiger partial charge in [-0.1, -0.05) is 18.6 Å². The number of hydrogen-bond acceptors (Lipinski definition) is 6. The number of fused-ring (bicyclic) bond motifs is 1. The number of nitrogens with two attached hydrogens (primary N) is 1. The van der Waals surface area contributed by atoms with Crippen LogP contribution in [0.2, 0.25) is 0 Å². The molecule has 0 amide bonds. The predicted molar refractivity (Wildman–Crippen MR) is 115 cm³/mol. The maximum atomic E-state index is 9.12. The lowest BCUT2D eigenvalue weighted by atomic mass is 9.97. The molecule has 0 bridgehead atoms. The monoisotopic (exact) mass is 391 g/mol. The predicted octanol–water partition coefficient (Wildman–Crippen LogP) is 4.62. The van der Waals surface area contributed by atoms with Crippen LogP contribution in [0.5, 0.6) is 0 Å². The van der Waals surface area contributed by atoms with E-state index in [1.165, 1.54) is 24.1 Å². The highest BCUT2D eigenvalue weighted by molar-refractivity contribution is 7.18.